The molecule has 0 bridgehead atoms. The third-order valence-corrected chi connectivity index (χ3v) is 12.2. The zero-order chi connectivity index (χ0) is 37.7. The van der Waals surface area contributed by atoms with Gasteiger partial charge in [0.1, 0.15) is 0 Å². The van der Waals surface area contributed by atoms with E-state index >= 15 is 0 Å². The van der Waals surface area contributed by atoms with Crippen molar-refractivity contribution in [3.63, 3.8) is 0 Å². The van der Waals surface area contributed by atoms with Gasteiger partial charge in [0.15, 0.2) is 5.82 Å². The van der Waals surface area contributed by atoms with Crippen LogP contribution in [-0.2, 0) is 0 Å². The smallest absolute Gasteiger partial charge is 0.160 e. The highest BCUT2D eigenvalue weighted by molar-refractivity contribution is 7.22. The molecule has 57 heavy (non-hydrogen) atoms. The van der Waals surface area contributed by atoms with Crippen LogP contribution >= 0.6 is 11.3 Å². The molecule has 0 aliphatic heterocycles. The summed E-state index contributed by atoms with van der Waals surface area (Å²) in [7, 11) is 0. The molecule has 0 radical (unpaired) electrons. The standard InChI is InChI=1S/C54H34N2S/c1-3-14-39(15-4-1)51-44-20-10-11-21-45(44)52(53-43-19-9-7-13-37(43)31-32-46(51)53)40-29-25-36(26-30-40)35-23-27-38(28-24-35)47-34-48(50-33-42-18-8-12-22-49(42)57-50)56-54(55-47)41-16-5-2-6-17-41/h1-34H. The van der Waals surface area contributed by atoms with Crippen LogP contribution in [0.2, 0.25) is 0 Å². The van der Waals surface area contributed by atoms with E-state index in [1.165, 1.54) is 70.2 Å². The van der Waals surface area contributed by atoms with Gasteiger partial charge in [-0.2, -0.15) is 0 Å². The third kappa shape index (κ3) is 5.88. The number of thiophene rings is 1. The highest BCUT2D eigenvalue weighted by Crippen LogP contribution is 2.46. The Morgan fingerprint density at radius 3 is 1.54 bits per heavy atom. The minimum Gasteiger partial charge on any atom is -0.228 e. The van der Waals surface area contributed by atoms with E-state index in [9.17, 15) is 0 Å². The molecule has 0 spiro atoms. The van der Waals surface area contributed by atoms with Gasteiger partial charge in [-0.25, -0.2) is 9.97 Å². The molecular weight excluding hydrogens is 709 g/mol. The second-order valence-electron chi connectivity index (χ2n) is 14.5. The highest BCUT2D eigenvalue weighted by atomic mass is 32.1. The molecule has 9 aromatic carbocycles. The van der Waals surface area contributed by atoms with Crippen LogP contribution in [-0.4, -0.2) is 9.97 Å². The second-order valence-corrected chi connectivity index (χ2v) is 15.6. The summed E-state index contributed by atoms with van der Waals surface area (Å²) in [5.74, 6) is 0.727. The van der Waals surface area contributed by atoms with Crippen LogP contribution in [0.3, 0.4) is 0 Å². The van der Waals surface area contributed by atoms with E-state index in [2.05, 4.69) is 188 Å². The van der Waals surface area contributed by atoms with E-state index in [1.807, 2.05) is 18.2 Å². The zero-order valence-corrected chi connectivity index (χ0v) is 31.7. The summed E-state index contributed by atoms with van der Waals surface area (Å²) in [6, 6.07) is 74.1. The SMILES string of the molecule is c1ccc(-c2nc(-c3ccc(-c4ccc(-c5c6ccccc6c(-c6ccccc6)c6ccc7ccccc7c56)cc4)cc3)cc(-c3cc4ccccc4s3)n2)cc1. The maximum Gasteiger partial charge on any atom is 0.160 e. The summed E-state index contributed by atoms with van der Waals surface area (Å²) in [6.45, 7) is 0. The lowest BCUT2D eigenvalue weighted by Gasteiger charge is -2.19. The first-order chi connectivity index (χ1) is 28.2. The third-order valence-electron chi connectivity index (χ3n) is 11.1. The molecule has 0 aliphatic carbocycles. The molecule has 0 unspecified atom stereocenters. The number of hydrogen-bond donors (Lipinski definition) is 0. The molecule has 2 nitrogen and oxygen atoms in total. The maximum atomic E-state index is 5.09. The first-order valence-electron chi connectivity index (χ1n) is 19.3. The predicted octanol–water partition coefficient (Wildman–Crippen LogP) is 15.2. The molecule has 2 aromatic heterocycles. The average molecular weight is 743 g/mol. The van der Waals surface area contributed by atoms with Crippen LogP contribution in [0.5, 0.6) is 0 Å². The summed E-state index contributed by atoms with van der Waals surface area (Å²) < 4.78 is 1.25. The molecule has 0 N–H and O–H groups in total. The maximum absolute atomic E-state index is 5.09. The number of nitrogens with zero attached hydrogens (tertiary/aromatic N) is 2. The molecule has 0 saturated carbocycles. The molecule has 3 heteroatoms. The van der Waals surface area contributed by atoms with Crippen molar-refractivity contribution in [1.82, 2.24) is 9.97 Å². The van der Waals surface area contributed by atoms with Crippen LogP contribution in [0, 0.1) is 0 Å². The Labute approximate surface area is 335 Å². The van der Waals surface area contributed by atoms with Crippen molar-refractivity contribution < 1.29 is 0 Å². The molecule has 11 rings (SSSR count). The van der Waals surface area contributed by atoms with Gasteiger partial charge in [0.25, 0.3) is 0 Å². The van der Waals surface area contributed by atoms with E-state index in [4.69, 9.17) is 9.97 Å². The summed E-state index contributed by atoms with van der Waals surface area (Å²) in [5.41, 5.74) is 11.2. The summed E-state index contributed by atoms with van der Waals surface area (Å²) >= 11 is 1.77. The Morgan fingerprint density at radius 2 is 0.842 bits per heavy atom. The number of hydrogen-bond acceptors (Lipinski definition) is 3. The highest BCUT2D eigenvalue weighted by Gasteiger charge is 2.19. The zero-order valence-electron chi connectivity index (χ0n) is 30.9. The molecule has 0 aliphatic rings. The van der Waals surface area contributed by atoms with Crippen LogP contribution in [0.15, 0.2) is 206 Å². The van der Waals surface area contributed by atoms with Gasteiger partial charge in [-0.1, -0.05) is 188 Å². The normalized spacial score (nSPS) is 11.5. The lowest BCUT2D eigenvalue weighted by molar-refractivity contribution is 1.19. The Bertz CT molecular complexity index is 3220. The minimum atomic E-state index is 0.727. The number of benzene rings is 9. The molecule has 11 aromatic rings. The van der Waals surface area contributed by atoms with Crippen LogP contribution in [0.1, 0.15) is 0 Å². The Morgan fingerprint density at radius 1 is 0.316 bits per heavy atom. The van der Waals surface area contributed by atoms with Crippen molar-refractivity contribution in [2.45, 2.75) is 0 Å². The summed E-state index contributed by atoms with van der Waals surface area (Å²) in [4.78, 5) is 11.3. The fourth-order valence-corrected chi connectivity index (χ4v) is 9.40. The van der Waals surface area contributed by atoms with Crippen LogP contribution in [0.4, 0.5) is 0 Å². The van der Waals surface area contributed by atoms with Crippen molar-refractivity contribution in [1.29, 1.82) is 0 Å². The Balaban J connectivity index is 1.00. The average Bonchev–Trinajstić information content (AvgIpc) is 3.74. The second kappa shape index (κ2) is 13.8. The number of fused-ring (bicyclic) bond motifs is 5. The molecule has 266 valence electrons. The van der Waals surface area contributed by atoms with Crippen molar-refractivity contribution in [2.24, 2.45) is 0 Å². The van der Waals surface area contributed by atoms with Crippen molar-refractivity contribution >= 4 is 53.7 Å². The van der Waals surface area contributed by atoms with Crippen molar-refractivity contribution in [3.8, 4) is 66.6 Å². The lowest BCUT2D eigenvalue weighted by Crippen LogP contribution is -1.95. The van der Waals surface area contributed by atoms with E-state index in [0.29, 0.717) is 0 Å². The van der Waals surface area contributed by atoms with E-state index in [1.54, 1.807) is 11.3 Å². The monoisotopic (exact) mass is 742 g/mol. The first-order valence-corrected chi connectivity index (χ1v) is 20.1. The van der Waals surface area contributed by atoms with Gasteiger partial charge in [0.2, 0.25) is 0 Å². The van der Waals surface area contributed by atoms with Gasteiger partial charge in [0.05, 0.1) is 16.3 Å². The van der Waals surface area contributed by atoms with Gasteiger partial charge >= 0.3 is 0 Å². The van der Waals surface area contributed by atoms with Gasteiger partial charge in [-0.05, 0) is 89.3 Å². The van der Waals surface area contributed by atoms with Crippen molar-refractivity contribution in [3.05, 3.63) is 206 Å². The van der Waals surface area contributed by atoms with Gasteiger partial charge in [-0.3, -0.25) is 0 Å². The summed E-state index contributed by atoms with van der Waals surface area (Å²) in [6.07, 6.45) is 0. The fraction of sp³-hybridized carbons (Fsp3) is 0. The lowest BCUT2D eigenvalue weighted by atomic mass is 9.84. The molecule has 0 fully saturated rings. The molecule has 0 amide bonds. The Kier molecular flexibility index (Phi) is 8.04. The predicted molar refractivity (Wildman–Crippen MR) is 243 cm³/mol. The van der Waals surface area contributed by atoms with Crippen molar-refractivity contribution in [2.75, 3.05) is 0 Å². The van der Waals surface area contributed by atoms with Gasteiger partial charge in [-0.15, -0.1) is 11.3 Å². The van der Waals surface area contributed by atoms with Gasteiger partial charge in [0, 0.05) is 15.8 Å². The molecular formula is C54H34N2S. The summed E-state index contributed by atoms with van der Waals surface area (Å²) in [5, 5.41) is 8.81. The van der Waals surface area contributed by atoms with E-state index < -0.39 is 0 Å². The molecule has 0 atom stereocenters. The Hall–Kier alpha value is -7.20. The van der Waals surface area contributed by atoms with E-state index in [-0.39, 0.29) is 0 Å². The number of aromatic nitrogens is 2. The first kappa shape index (κ1) is 33.2. The van der Waals surface area contributed by atoms with Crippen LogP contribution < -0.4 is 0 Å². The quantitative estimate of drug-likeness (QED) is 0.125. The topological polar surface area (TPSA) is 25.8 Å². The minimum absolute atomic E-state index is 0.727. The van der Waals surface area contributed by atoms with E-state index in [0.717, 1.165) is 38.8 Å². The fourth-order valence-electron chi connectivity index (χ4n) is 8.37. The number of rotatable bonds is 6. The largest absolute Gasteiger partial charge is 0.228 e. The van der Waals surface area contributed by atoms with Crippen LogP contribution in [0.25, 0.3) is 109 Å². The molecule has 2 heterocycles. The van der Waals surface area contributed by atoms with Gasteiger partial charge < -0.3 is 0 Å². The molecule has 0 saturated heterocycles.